The Labute approximate surface area is 111 Å². The van der Waals surface area contributed by atoms with E-state index in [1.165, 1.54) is 42.4 Å². The smallest absolute Gasteiger partial charge is 0.0490 e. The second-order valence-electron chi connectivity index (χ2n) is 6.02. The van der Waals surface area contributed by atoms with Crippen LogP contribution in [0.15, 0.2) is 18.2 Å². The van der Waals surface area contributed by atoms with Crippen LogP contribution in [0.25, 0.3) is 0 Å². The molecule has 0 aromatic heterocycles. The van der Waals surface area contributed by atoms with Crippen LogP contribution in [0.3, 0.4) is 0 Å². The highest BCUT2D eigenvalue weighted by Crippen LogP contribution is 2.37. The third-order valence-corrected chi connectivity index (χ3v) is 4.47. The van der Waals surface area contributed by atoms with Gasteiger partial charge in [-0.25, -0.2) is 0 Å². The molecular weight excluding hydrogens is 220 g/mol. The van der Waals surface area contributed by atoms with Gasteiger partial charge in [0.25, 0.3) is 0 Å². The average molecular weight is 246 g/mol. The van der Waals surface area contributed by atoms with E-state index in [0.717, 1.165) is 5.92 Å². The Morgan fingerprint density at radius 1 is 1.17 bits per heavy atom. The van der Waals surface area contributed by atoms with Crippen LogP contribution in [-0.4, -0.2) is 0 Å². The van der Waals surface area contributed by atoms with Crippen molar-refractivity contribution in [1.82, 2.24) is 5.43 Å². The maximum atomic E-state index is 5.83. The second kappa shape index (κ2) is 5.85. The summed E-state index contributed by atoms with van der Waals surface area (Å²) >= 11 is 0. The van der Waals surface area contributed by atoms with E-state index in [0.29, 0.717) is 12.0 Å². The van der Waals surface area contributed by atoms with Gasteiger partial charge in [-0.3, -0.25) is 11.3 Å². The minimum atomic E-state index is 0.318. The molecule has 2 nitrogen and oxygen atoms in total. The van der Waals surface area contributed by atoms with E-state index in [9.17, 15) is 0 Å². The molecule has 1 unspecified atom stereocenters. The average Bonchev–Trinajstić information content (AvgIpc) is 2.35. The van der Waals surface area contributed by atoms with Crippen LogP contribution in [0.2, 0.25) is 0 Å². The molecule has 100 valence electrons. The largest absolute Gasteiger partial charge is 0.271 e. The lowest BCUT2D eigenvalue weighted by Crippen LogP contribution is -2.35. The van der Waals surface area contributed by atoms with Gasteiger partial charge in [0.2, 0.25) is 0 Å². The molecule has 0 aliphatic heterocycles. The van der Waals surface area contributed by atoms with Crippen LogP contribution in [0.5, 0.6) is 0 Å². The number of hydrogen-bond donors (Lipinski definition) is 2. The maximum absolute atomic E-state index is 5.83. The predicted molar refractivity (Wildman–Crippen MR) is 77.1 cm³/mol. The fourth-order valence-corrected chi connectivity index (χ4v) is 3.27. The van der Waals surface area contributed by atoms with E-state index < -0.39 is 0 Å². The van der Waals surface area contributed by atoms with Crippen LogP contribution in [0.4, 0.5) is 0 Å². The first-order valence-electron chi connectivity index (χ1n) is 7.15. The zero-order valence-electron chi connectivity index (χ0n) is 11.9. The lowest BCUT2D eigenvalue weighted by molar-refractivity contribution is 0.232. The number of rotatable bonds is 3. The van der Waals surface area contributed by atoms with Crippen molar-refractivity contribution in [2.45, 2.75) is 52.5 Å². The molecule has 0 spiro atoms. The van der Waals surface area contributed by atoms with Gasteiger partial charge in [0.05, 0.1) is 0 Å². The Balaban J connectivity index is 2.17. The SMILES string of the molecule is Cc1ccc(C(NN)C2CCC(C)CC2)c(C)c1. The van der Waals surface area contributed by atoms with Gasteiger partial charge in [-0.1, -0.05) is 43.5 Å². The molecule has 1 fully saturated rings. The summed E-state index contributed by atoms with van der Waals surface area (Å²) in [4.78, 5) is 0. The summed E-state index contributed by atoms with van der Waals surface area (Å²) in [6, 6.07) is 7.01. The quantitative estimate of drug-likeness (QED) is 0.631. The minimum Gasteiger partial charge on any atom is -0.271 e. The number of hydrazine groups is 1. The summed E-state index contributed by atoms with van der Waals surface area (Å²) in [5.41, 5.74) is 7.12. The Hall–Kier alpha value is -0.860. The van der Waals surface area contributed by atoms with E-state index in [-0.39, 0.29) is 0 Å². The van der Waals surface area contributed by atoms with Crippen LogP contribution >= 0.6 is 0 Å². The Bertz CT molecular complexity index is 392. The standard InChI is InChI=1S/C16H26N2/c1-11-4-7-14(8-5-11)16(18-17)15-9-6-12(2)10-13(15)3/h6,9-11,14,16,18H,4-5,7-8,17H2,1-3H3. The van der Waals surface area contributed by atoms with E-state index >= 15 is 0 Å². The Morgan fingerprint density at radius 3 is 2.39 bits per heavy atom. The van der Waals surface area contributed by atoms with Gasteiger partial charge < -0.3 is 0 Å². The highest BCUT2D eigenvalue weighted by molar-refractivity contribution is 5.33. The van der Waals surface area contributed by atoms with Crippen molar-refractivity contribution in [2.24, 2.45) is 17.7 Å². The van der Waals surface area contributed by atoms with Crippen molar-refractivity contribution in [3.05, 3.63) is 34.9 Å². The topological polar surface area (TPSA) is 38.0 Å². The number of nitrogens with one attached hydrogen (secondary N) is 1. The molecule has 1 aromatic carbocycles. The minimum absolute atomic E-state index is 0.318. The van der Waals surface area contributed by atoms with Crippen LogP contribution in [0, 0.1) is 25.7 Å². The number of benzene rings is 1. The van der Waals surface area contributed by atoms with E-state index in [2.05, 4.69) is 44.4 Å². The molecule has 3 N–H and O–H groups in total. The fraction of sp³-hybridized carbons (Fsp3) is 0.625. The molecule has 0 saturated heterocycles. The summed E-state index contributed by atoms with van der Waals surface area (Å²) < 4.78 is 0. The van der Waals surface area contributed by atoms with Crippen molar-refractivity contribution in [3.63, 3.8) is 0 Å². The zero-order chi connectivity index (χ0) is 13.1. The van der Waals surface area contributed by atoms with Gasteiger partial charge in [-0.15, -0.1) is 0 Å². The monoisotopic (exact) mass is 246 g/mol. The summed E-state index contributed by atoms with van der Waals surface area (Å²) in [5.74, 6) is 7.40. The third-order valence-electron chi connectivity index (χ3n) is 4.47. The molecule has 1 aromatic rings. The van der Waals surface area contributed by atoms with E-state index in [4.69, 9.17) is 5.84 Å². The Kier molecular flexibility index (Phi) is 4.41. The van der Waals surface area contributed by atoms with Crippen LogP contribution in [0.1, 0.15) is 55.3 Å². The van der Waals surface area contributed by atoms with E-state index in [1.54, 1.807) is 0 Å². The first-order valence-corrected chi connectivity index (χ1v) is 7.15. The van der Waals surface area contributed by atoms with E-state index in [1.807, 2.05) is 0 Å². The highest BCUT2D eigenvalue weighted by Gasteiger charge is 2.27. The molecular formula is C16H26N2. The molecule has 1 saturated carbocycles. The number of nitrogens with two attached hydrogens (primary N) is 1. The zero-order valence-corrected chi connectivity index (χ0v) is 11.9. The molecule has 1 atom stereocenters. The van der Waals surface area contributed by atoms with Crippen molar-refractivity contribution in [3.8, 4) is 0 Å². The van der Waals surface area contributed by atoms with Gasteiger partial charge >= 0.3 is 0 Å². The fourth-order valence-electron chi connectivity index (χ4n) is 3.27. The first kappa shape index (κ1) is 13.6. The molecule has 0 bridgehead atoms. The summed E-state index contributed by atoms with van der Waals surface area (Å²) in [5, 5.41) is 0. The number of aryl methyl sites for hydroxylation is 2. The summed E-state index contributed by atoms with van der Waals surface area (Å²) in [6.07, 6.45) is 5.27. The Morgan fingerprint density at radius 2 is 1.83 bits per heavy atom. The molecule has 0 heterocycles. The number of hydrogen-bond acceptors (Lipinski definition) is 2. The van der Waals surface area contributed by atoms with Gasteiger partial charge in [-0.05, 0) is 49.7 Å². The molecule has 1 aliphatic carbocycles. The maximum Gasteiger partial charge on any atom is 0.0490 e. The van der Waals surface area contributed by atoms with Crippen molar-refractivity contribution >= 4 is 0 Å². The normalized spacial score (nSPS) is 26.0. The molecule has 2 rings (SSSR count). The summed E-state index contributed by atoms with van der Waals surface area (Å²) in [7, 11) is 0. The lowest BCUT2D eigenvalue weighted by Gasteiger charge is -2.33. The highest BCUT2D eigenvalue weighted by atomic mass is 15.2. The van der Waals surface area contributed by atoms with Crippen molar-refractivity contribution in [2.75, 3.05) is 0 Å². The molecule has 0 radical (unpaired) electrons. The third kappa shape index (κ3) is 2.93. The molecule has 1 aliphatic rings. The predicted octanol–water partition coefficient (Wildman–Crippen LogP) is 3.63. The first-order chi connectivity index (χ1) is 8.61. The van der Waals surface area contributed by atoms with Gasteiger partial charge in [0.1, 0.15) is 0 Å². The van der Waals surface area contributed by atoms with Crippen LogP contribution < -0.4 is 11.3 Å². The molecule has 0 amide bonds. The van der Waals surface area contributed by atoms with Crippen LogP contribution in [-0.2, 0) is 0 Å². The molecule has 18 heavy (non-hydrogen) atoms. The van der Waals surface area contributed by atoms with Crippen molar-refractivity contribution in [1.29, 1.82) is 0 Å². The molecule has 2 heteroatoms. The van der Waals surface area contributed by atoms with Gasteiger partial charge in [0, 0.05) is 6.04 Å². The van der Waals surface area contributed by atoms with Crippen molar-refractivity contribution < 1.29 is 0 Å². The second-order valence-corrected chi connectivity index (χ2v) is 6.02. The van der Waals surface area contributed by atoms with Gasteiger partial charge in [0.15, 0.2) is 0 Å². The van der Waals surface area contributed by atoms with Gasteiger partial charge in [-0.2, -0.15) is 0 Å². The lowest BCUT2D eigenvalue weighted by atomic mass is 9.77. The summed E-state index contributed by atoms with van der Waals surface area (Å²) in [6.45, 7) is 6.69.